The molecule has 2 aromatic carbocycles. The third-order valence-corrected chi connectivity index (χ3v) is 6.27. The summed E-state index contributed by atoms with van der Waals surface area (Å²) in [4.78, 5) is 17.5. The van der Waals surface area contributed by atoms with Gasteiger partial charge in [0, 0.05) is 17.2 Å². The van der Waals surface area contributed by atoms with Crippen LogP contribution < -0.4 is 15.0 Å². The fraction of sp³-hybridized carbons (Fsp3) is 0.304. The van der Waals surface area contributed by atoms with Gasteiger partial charge in [-0.05, 0) is 32.9 Å². The summed E-state index contributed by atoms with van der Waals surface area (Å²) in [6, 6.07) is 12.1. The van der Waals surface area contributed by atoms with Gasteiger partial charge in [-0.2, -0.15) is 0 Å². The Morgan fingerprint density at radius 3 is 2.71 bits per heavy atom. The molecule has 0 saturated heterocycles. The maximum atomic E-state index is 14.1. The molecule has 1 aliphatic heterocycles. The number of rotatable bonds is 6. The molecule has 1 atom stereocenters. The molecular formula is C23H24FN3O3S. The highest BCUT2D eigenvalue weighted by Crippen LogP contribution is 2.49. The van der Waals surface area contributed by atoms with Gasteiger partial charge in [0.2, 0.25) is 0 Å². The Bertz CT molecular complexity index is 1200. The predicted octanol–water partition coefficient (Wildman–Crippen LogP) is 5.37. The van der Waals surface area contributed by atoms with Gasteiger partial charge in [-0.1, -0.05) is 42.1 Å². The van der Waals surface area contributed by atoms with Crippen LogP contribution >= 0.6 is 11.8 Å². The Morgan fingerprint density at radius 1 is 1.23 bits per heavy atom. The average molecular weight is 442 g/mol. The van der Waals surface area contributed by atoms with E-state index in [0.717, 1.165) is 10.6 Å². The van der Waals surface area contributed by atoms with Gasteiger partial charge in [-0.3, -0.25) is 14.6 Å². The van der Waals surface area contributed by atoms with Crippen LogP contribution in [0.4, 0.5) is 10.2 Å². The smallest absolute Gasteiger partial charge is 0.271 e. The molecule has 0 fully saturated rings. The van der Waals surface area contributed by atoms with E-state index in [1.165, 1.54) is 17.8 Å². The summed E-state index contributed by atoms with van der Waals surface area (Å²) >= 11 is 1.49. The molecule has 0 amide bonds. The van der Waals surface area contributed by atoms with E-state index in [1.807, 2.05) is 32.9 Å². The van der Waals surface area contributed by atoms with Crippen molar-refractivity contribution in [2.45, 2.75) is 38.7 Å². The highest BCUT2D eigenvalue weighted by Gasteiger charge is 2.33. The van der Waals surface area contributed by atoms with Crippen LogP contribution in [0.3, 0.4) is 0 Å². The molecule has 0 saturated carbocycles. The van der Waals surface area contributed by atoms with Gasteiger partial charge in [-0.15, -0.1) is 0 Å². The number of methoxy groups -OCH3 is 1. The Kier molecular flexibility index (Phi) is 5.91. The fourth-order valence-corrected chi connectivity index (χ4v) is 4.74. The Labute approximate surface area is 184 Å². The number of para-hydroxylation sites is 1. The van der Waals surface area contributed by atoms with Crippen molar-refractivity contribution in [3.8, 4) is 11.5 Å². The van der Waals surface area contributed by atoms with Crippen LogP contribution in [0.5, 0.6) is 11.5 Å². The molecule has 0 unspecified atom stereocenters. The SMILES string of the molecule is COc1cccc([C@H]2SC(C)=Nc3c2c(=O)[nH]n3C(C)C)c1OCc1ccccc1F. The first kappa shape index (κ1) is 21.2. The third kappa shape index (κ3) is 3.99. The van der Waals surface area contributed by atoms with Crippen LogP contribution in [0.15, 0.2) is 52.3 Å². The molecule has 1 aromatic heterocycles. The monoisotopic (exact) mass is 441 g/mol. The van der Waals surface area contributed by atoms with Crippen LogP contribution in [0.1, 0.15) is 48.8 Å². The molecule has 0 spiro atoms. The van der Waals surface area contributed by atoms with Gasteiger partial charge in [0.1, 0.15) is 12.4 Å². The molecule has 1 N–H and O–H groups in total. The number of H-pyrrole nitrogens is 1. The number of hydrogen-bond acceptors (Lipinski definition) is 5. The summed E-state index contributed by atoms with van der Waals surface area (Å²) in [6.45, 7) is 5.95. The quantitative estimate of drug-likeness (QED) is 0.558. The average Bonchev–Trinajstić information content (AvgIpc) is 3.09. The topological polar surface area (TPSA) is 68.6 Å². The Balaban J connectivity index is 1.80. The van der Waals surface area contributed by atoms with Gasteiger partial charge in [-0.25, -0.2) is 9.38 Å². The third-order valence-electron chi connectivity index (χ3n) is 5.11. The number of nitrogens with one attached hydrogen (secondary N) is 1. The first-order valence-corrected chi connectivity index (χ1v) is 10.9. The second kappa shape index (κ2) is 8.63. The van der Waals surface area contributed by atoms with Crippen LogP contribution in [0.25, 0.3) is 0 Å². The number of aliphatic imine (C=N–C) groups is 1. The van der Waals surface area contributed by atoms with Gasteiger partial charge in [0.15, 0.2) is 17.3 Å². The van der Waals surface area contributed by atoms with E-state index in [2.05, 4.69) is 10.1 Å². The molecule has 1 aliphatic rings. The highest BCUT2D eigenvalue weighted by atomic mass is 32.2. The molecule has 3 aromatic rings. The fourth-order valence-electron chi connectivity index (χ4n) is 3.62. The molecule has 0 aliphatic carbocycles. The van der Waals surface area contributed by atoms with Gasteiger partial charge < -0.3 is 9.47 Å². The zero-order valence-corrected chi connectivity index (χ0v) is 18.6. The number of aromatic amines is 1. The summed E-state index contributed by atoms with van der Waals surface area (Å²) in [7, 11) is 1.56. The molecule has 4 rings (SSSR count). The van der Waals surface area contributed by atoms with Crippen LogP contribution in [0.2, 0.25) is 0 Å². The van der Waals surface area contributed by atoms with E-state index in [1.54, 1.807) is 36.1 Å². The first-order valence-electron chi connectivity index (χ1n) is 10.00. The van der Waals surface area contributed by atoms with Crippen LogP contribution in [-0.2, 0) is 6.61 Å². The molecular weight excluding hydrogens is 417 g/mol. The van der Waals surface area contributed by atoms with Crippen LogP contribution in [-0.4, -0.2) is 21.9 Å². The number of hydrogen-bond donors (Lipinski definition) is 1. The Morgan fingerprint density at radius 2 is 2.00 bits per heavy atom. The number of thioether (sulfide) groups is 1. The lowest BCUT2D eigenvalue weighted by Gasteiger charge is -2.24. The minimum absolute atomic E-state index is 0.0424. The van der Waals surface area contributed by atoms with Crippen molar-refractivity contribution in [1.29, 1.82) is 0 Å². The number of aromatic nitrogens is 2. The molecule has 2 heterocycles. The normalized spacial score (nSPS) is 15.5. The summed E-state index contributed by atoms with van der Waals surface area (Å²) in [5.74, 6) is 1.31. The lowest BCUT2D eigenvalue weighted by atomic mass is 10.0. The van der Waals surface area contributed by atoms with Crippen molar-refractivity contribution < 1.29 is 13.9 Å². The van der Waals surface area contributed by atoms with Gasteiger partial charge >= 0.3 is 0 Å². The minimum atomic E-state index is -0.332. The molecule has 6 nitrogen and oxygen atoms in total. The summed E-state index contributed by atoms with van der Waals surface area (Å²) in [5.41, 5.74) is 1.62. The van der Waals surface area contributed by atoms with E-state index >= 15 is 0 Å². The van der Waals surface area contributed by atoms with Gasteiger partial charge in [0.25, 0.3) is 5.56 Å². The second-order valence-corrected chi connectivity index (χ2v) is 8.83. The summed E-state index contributed by atoms with van der Waals surface area (Å²) in [6.07, 6.45) is 0. The second-order valence-electron chi connectivity index (χ2n) is 7.53. The van der Waals surface area contributed by atoms with Crippen molar-refractivity contribution in [2.75, 3.05) is 7.11 Å². The minimum Gasteiger partial charge on any atom is -0.493 e. The van der Waals surface area contributed by atoms with Crippen molar-refractivity contribution >= 4 is 22.6 Å². The van der Waals surface area contributed by atoms with Crippen molar-refractivity contribution in [3.05, 3.63) is 75.3 Å². The summed E-state index contributed by atoms with van der Waals surface area (Å²) in [5, 5.41) is 3.42. The van der Waals surface area contributed by atoms with Crippen molar-refractivity contribution in [3.63, 3.8) is 0 Å². The van der Waals surface area contributed by atoms with E-state index in [4.69, 9.17) is 9.47 Å². The van der Waals surface area contributed by atoms with Crippen molar-refractivity contribution in [2.24, 2.45) is 4.99 Å². The number of benzene rings is 2. The van der Waals surface area contributed by atoms with Gasteiger partial charge in [0.05, 0.1) is 23.0 Å². The lowest BCUT2D eigenvalue weighted by Crippen LogP contribution is -2.15. The zero-order chi connectivity index (χ0) is 22.1. The molecule has 0 radical (unpaired) electrons. The number of fused-ring (bicyclic) bond motifs is 1. The van der Waals surface area contributed by atoms with Crippen LogP contribution in [0, 0.1) is 5.82 Å². The number of ether oxygens (including phenoxy) is 2. The molecule has 0 bridgehead atoms. The Hall–Kier alpha value is -3.00. The molecule has 31 heavy (non-hydrogen) atoms. The lowest BCUT2D eigenvalue weighted by molar-refractivity contribution is 0.277. The van der Waals surface area contributed by atoms with E-state index in [0.29, 0.717) is 28.4 Å². The highest BCUT2D eigenvalue weighted by molar-refractivity contribution is 8.14. The molecule has 162 valence electrons. The maximum absolute atomic E-state index is 14.1. The van der Waals surface area contributed by atoms with Crippen molar-refractivity contribution in [1.82, 2.24) is 9.78 Å². The standard InChI is InChI=1S/C23H24FN3O3S/c1-13(2)27-22-19(23(28)26-27)21(31-14(3)25-22)16-9-7-11-18(29-4)20(16)30-12-15-8-5-6-10-17(15)24/h5-11,13,21H,12H2,1-4H3,(H,26,28)/t21-/m1/s1. The summed E-state index contributed by atoms with van der Waals surface area (Å²) < 4.78 is 27.5. The molecule has 8 heteroatoms. The largest absolute Gasteiger partial charge is 0.493 e. The zero-order valence-electron chi connectivity index (χ0n) is 17.8. The first-order chi connectivity index (χ1) is 14.9. The number of halogens is 1. The van der Waals surface area contributed by atoms with E-state index < -0.39 is 0 Å². The number of nitrogens with zero attached hydrogens (tertiary/aromatic N) is 2. The maximum Gasteiger partial charge on any atom is 0.271 e. The van der Waals surface area contributed by atoms with E-state index in [9.17, 15) is 9.18 Å². The predicted molar refractivity (Wildman–Crippen MR) is 121 cm³/mol. The van der Waals surface area contributed by atoms with E-state index in [-0.39, 0.29) is 29.3 Å².